The Morgan fingerprint density at radius 1 is 1.05 bits per heavy atom. The molecule has 4 rings (SSSR count). The second kappa shape index (κ2) is 4.51. The molecule has 2 nitrogen and oxygen atoms in total. The molecule has 0 unspecified atom stereocenters. The summed E-state index contributed by atoms with van der Waals surface area (Å²) in [6.45, 7) is 0. The van der Waals surface area contributed by atoms with E-state index in [1.54, 1.807) is 28.9 Å². The summed E-state index contributed by atoms with van der Waals surface area (Å²) < 4.78 is 2.35. The van der Waals surface area contributed by atoms with Crippen molar-refractivity contribution in [2.45, 2.75) is 0 Å². The molecule has 0 amide bonds. The molecule has 0 aliphatic heterocycles. The molecule has 0 atom stereocenters. The molecule has 1 aromatic carbocycles. The van der Waals surface area contributed by atoms with Crippen LogP contribution < -0.4 is 0 Å². The smallest absolute Gasteiger partial charge is 0.205 e. The van der Waals surface area contributed by atoms with Gasteiger partial charge in [0.05, 0.1) is 10.4 Å². The lowest BCUT2D eigenvalue weighted by Crippen LogP contribution is -2.00. The number of rotatable bonds is 2. The number of carbonyl (C=O) groups excluding carboxylic acids is 1. The third-order valence-corrected chi connectivity index (χ3v) is 5.33. The number of fused-ring (bicyclic) bond motifs is 2. The zero-order valence-electron chi connectivity index (χ0n) is 10.4. The molecular weight excluding hydrogens is 286 g/mol. The largest absolute Gasteiger partial charge is 0.288 e. The normalized spacial score (nSPS) is 11.2. The van der Waals surface area contributed by atoms with Crippen molar-refractivity contribution < 1.29 is 4.79 Å². The fourth-order valence-electron chi connectivity index (χ4n) is 2.30. The van der Waals surface area contributed by atoms with Crippen molar-refractivity contribution in [2.24, 2.45) is 0 Å². The van der Waals surface area contributed by atoms with E-state index in [2.05, 4.69) is 16.4 Å². The van der Waals surface area contributed by atoms with Gasteiger partial charge in [-0.25, -0.2) is 0 Å². The van der Waals surface area contributed by atoms with Crippen molar-refractivity contribution in [3.8, 4) is 0 Å². The van der Waals surface area contributed by atoms with E-state index in [1.807, 2.05) is 36.4 Å². The van der Waals surface area contributed by atoms with Gasteiger partial charge in [-0.05, 0) is 29.6 Å². The Bertz CT molecular complexity index is 902. The minimum atomic E-state index is 0.0581. The van der Waals surface area contributed by atoms with Crippen LogP contribution in [0.3, 0.4) is 0 Å². The number of carbonyl (C=O) groups is 1. The standard InChI is InChI=1S/C16H9NOS2/c18-16(14-9-13-12(20-14)6-8-19-13)11-5-1-3-10-4-2-7-17-15(10)11/h1-9H. The highest BCUT2D eigenvalue weighted by Gasteiger charge is 2.16. The number of ketones is 1. The van der Waals surface area contributed by atoms with Crippen molar-refractivity contribution >= 4 is 48.8 Å². The van der Waals surface area contributed by atoms with E-state index in [1.165, 1.54) is 9.40 Å². The van der Waals surface area contributed by atoms with Gasteiger partial charge in [-0.1, -0.05) is 18.2 Å². The summed E-state index contributed by atoms with van der Waals surface area (Å²) in [6.07, 6.45) is 1.73. The topological polar surface area (TPSA) is 30.0 Å². The van der Waals surface area contributed by atoms with Crippen LogP contribution in [0.25, 0.3) is 20.3 Å². The summed E-state index contributed by atoms with van der Waals surface area (Å²) in [5.74, 6) is 0.0581. The number of hydrogen-bond donors (Lipinski definition) is 0. The summed E-state index contributed by atoms with van der Waals surface area (Å²) >= 11 is 3.22. The van der Waals surface area contributed by atoms with Gasteiger partial charge in [-0.2, -0.15) is 0 Å². The minimum absolute atomic E-state index is 0.0581. The highest BCUT2D eigenvalue weighted by molar-refractivity contribution is 7.28. The molecule has 3 aromatic heterocycles. The zero-order valence-corrected chi connectivity index (χ0v) is 12.0. The molecule has 0 fully saturated rings. The van der Waals surface area contributed by atoms with E-state index in [-0.39, 0.29) is 5.78 Å². The molecule has 20 heavy (non-hydrogen) atoms. The van der Waals surface area contributed by atoms with Crippen LogP contribution in [-0.4, -0.2) is 10.8 Å². The highest BCUT2D eigenvalue weighted by atomic mass is 32.1. The lowest BCUT2D eigenvalue weighted by molar-refractivity contribution is 0.104. The second-order valence-corrected chi connectivity index (χ2v) is 6.50. The van der Waals surface area contributed by atoms with Crippen LogP contribution in [0.2, 0.25) is 0 Å². The third kappa shape index (κ3) is 1.77. The van der Waals surface area contributed by atoms with Gasteiger partial charge in [0.1, 0.15) is 0 Å². The maximum absolute atomic E-state index is 12.7. The average molecular weight is 295 g/mol. The summed E-state index contributed by atoms with van der Waals surface area (Å²) in [6, 6.07) is 13.6. The first-order chi connectivity index (χ1) is 9.83. The van der Waals surface area contributed by atoms with E-state index in [9.17, 15) is 4.79 Å². The van der Waals surface area contributed by atoms with Crippen LogP contribution in [0, 0.1) is 0 Å². The molecule has 4 aromatic rings. The molecule has 0 aliphatic rings. The molecule has 3 heterocycles. The van der Waals surface area contributed by atoms with Crippen molar-refractivity contribution in [1.29, 1.82) is 0 Å². The maximum Gasteiger partial charge on any atom is 0.205 e. The van der Waals surface area contributed by atoms with E-state index in [0.29, 0.717) is 5.56 Å². The predicted molar refractivity (Wildman–Crippen MR) is 84.9 cm³/mol. The number of pyridine rings is 1. The SMILES string of the molecule is O=C(c1cc2sccc2s1)c1cccc2cccnc12. The van der Waals surface area contributed by atoms with Crippen LogP contribution in [0.15, 0.2) is 54.0 Å². The number of nitrogens with zero attached hydrogens (tertiary/aromatic N) is 1. The molecule has 0 saturated heterocycles. The fraction of sp³-hybridized carbons (Fsp3) is 0. The molecule has 96 valence electrons. The Kier molecular flexibility index (Phi) is 2.65. The van der Waals surface area contributed by atoms with Crippen LogP contribution in [0.4, 0.5) is 0 Å². The number of benzene rings is 1. The Morgan fingerprint density at radius 3 is 2.85 bits per heavy atom. The van der Waals surface area contributed by atoms with Crippen molar-refractivity contribution in [3.63, 3.8) is 0 Å². The van der Waals surface area contributed by atoms with Crippen LogP contribution >= 0.6 is 22.7 Å². The number of thiophene rings is 2. The molecular formula is C16H9NOS2. The summed E-state index contributed by atoms with van der Waals surface area (Å²) in [4.78, 5) is 17.8. The number of aromatic nitrogens is 1. The molecule has 0 aliphatic carbocycles. The lowest BCUT2D eigenvalue weighted by Gasteiger charge is -2.02. The van der Waals surface area contributed by atoms with Gasteiger partial charge in [0.2, 0.25) is 5.78 Å². The van der Waals surface area contributed by atoms with E-state index >= 15 is 0 Å². The first-order valence-corrected chi connectivity index (χ1v) is 7.88. The Labute approximate surface area is 123 Å². The van der Waals surface area contributed by atoms with Crippen LogP contribution in [-0.2, 0) is 0 Å². The fourth-order valence-corrected chi connectivity index (χ4v) is 4.36. The van der Waals surface area contributed by atoms with Gasteiger partial charge < -0.3 is 0 Å². The molecule has 0 saturated carbocycles. The van der Waals surface area contributed by atoms with Crippen molar-refractivity contribution in [1.82, 2.24) is 4.98 Å². The van der Waals surface area contributed by atoms with E-state index in [4.69, 9.17) is 0 Å². The van der Waals surface area contributed by atoms with E-state index in [0.717, 1.165) is 15.8 Å². The highest BCUT2D eigenvalue weighted by Crippen LogP contribution is 2.32. The molecule has 0 bridgehead atoms. The summed E-state index contributed by atoms with van der Waals surface area (Å²) in [7, 11) is 0. The maximum atomic E-state index is 12.7. The van der Waals surface area contributed by atoms with Gasteiger partial charge in [0.15, 0.2) is 0 Å². The van der Waals surface area contributed by atoms with Gasteiger partial charge in [0.25, 0.3) is 0 Å². The first kappa shape index (κ1) is 11.8. The Morgan fingerprint density at radius 2 is 1.95 bits per heavy atom. The van der Waals surface area contributed by atoms with Crippen molar-refractivity contribution in [2.75, 3.05) is 0 Å². The monoisotopic (exact) mass is 295 g/mol. The molecule has 0 radical (unpaired) electrons. The lowest BCUT2D eigenvalue weighted by atomic mass is 10.1. The van der Waals surface area contributed by atoms with Crippen LogP contribution in [0.1, 0.15) is 15.2 Å². The Balaban J connectivity index is 1.90. The summed E-state index contributed by atoms with van der Waals surface area (Å²) in [5.41, 5.74) is 1.45. The van der Waals surface area contributed by atoms with Crippen molar-refractivity contribution in [3.05, 3.63) is 64.5 Å². The minimum Gasteiger partial charge on any atom is -0.288 e. The van der Waals surface area contributed by atoms with E-state index < -0.39 is 0 Å². The predicted octanol–water partition coefficient (Wildman–Crippen LogP) is 4.74. The molecule has 0 N–H and O–H groups in total. The van der Waals surface area contributed by atoms with Gasteiger partial charge >= 0.3 is 0 Å². The zero-order chi connectivity index (χ0) is 13.5. The number of para-hydroxylation sites is 1. The molecule has 0 spiro atoms. The average Bonchev–Trinajstić information content (AvgIpc) is 3.07. The van der Waals surface area contributed by atoms with Crippen LogP contribution in [0.5, 0.6) is 0 Å². The number of hydrogen-bond acceptors (Lipinski definition) is 4. The molecule has 4 heteroatoms. The first-order valence-electron chi connectivity index (χ1n) is 6.18. The quantitative estimate of drug-likeness (QED) is 0.500. The van der Waals surface area contributed by atoms with Gasteiger partial charge in [-0.3, -0.25) is 9.78 Å². The third-order valence-electron chi connectivity index (χ3n) is 3.24. The second-order valence-electron chi connectivity index (χ2n) is 4.47. The Hall–Kier alpha value is -2.04. The van der Waals surface area contributed by atoms with Gasteiger partial charge in [-0.15, -0.1) is 22.7 Å². The summed E-state index contributed by atoms with van der Waals surface area (Å²) in [5, 5.41) is 3.05. The van der Waals surface area contributed by atoms with Gasteiger partial charge in [0, 0.05) is 26.5 Å².